The monoisotopic (exact) mass is 392 g/mol. The highest BCUT2D eigenvalue weighted by Gasteiger charge is 2.51. The molecule has 0 unspecified atom stereocenters. The molecule has 0 aromatic carbocycles. The van der Waals surface area contributed by atoms with Gasteiger partial charge in [0.25, 0.3) is 0 Å². The summed E-state index contributed by atoms with van der Waals surface area (Å²) in [5.41, 5.74) is 1.20. The van der Waals surface area contributed by atoms with E-state index in [0.29, 0.717) is 5.95 Å². The van der Waals surface area contributed by atoms with Crippen LogP contribution in [0.25, 0.3) is 16.9 Å². The van der Waals surface area contributed by atoms with Crippen LogP contribution < -0.4 is 5.32 Å². The van der Waals surface area contributed by atoms with Gasteiger partial charge in [-0.1, -0.05) is 0 Å². The van der Waals surface area contributed by atoms with Crippen LogP contribution in [0.1, 0.15) is 32.0 Å². The highest BCUT2D eigenvalue weighted by molar-refractivity contribution is 5.65. The van der Waals surface area contributed by atoms with Gasteiger partial charge in [0.15, 0.2) is 5.65 Å². The lowest BCUT2D eigenvalue weighted by Crippen LogP contribution is -2.16. The van der Waals surface area contributed by atoms with Crippen molar-refractivity contribution in [2.24, 2.45) is 13.0 Å². The number of hydrogen-bond acceptors (Lipinski definition) is 6. The molecule has 0 bridgehead atoms. The predicted molar refractivity (Wildman–Crippen MR) is 107 cm³/mol. The van der Waals surface area contributed by atoms with E-state index in [1.165, 1.54) is 0 Å². The number of pyridine rings is 1. The van der Waals surface area contributed by atoms with Crippen LogP contribution in [0.2, 0.25) is 0 Å². The maximum atomic E-state index is 14.2. The molecule has 4 aromatic rings. The van der Waals surface area contributed by atoms with Crippen LogP contribution in [0, 0.1) is 5.92 Å². The molecule has 0 spiro atoms. The van der Waals surface area contributed by atoms with Crippen molar-refractivity contribution < 1.29 is 4.39 Å². The highest BCUT2D eigenvalue weighted by Crippen LogP contribution is 2.54. The van der Waals surface area contributed by atoms with Gasteiger partial charge in [-0.25, -0.2) is 14.4 Å². The molecule has 0 aliphatic heterocycles. The minimum atomic E-state index is -1.20. The molecule has 0 saturated heterocycles. The lowest BCUT2D eigenvalue weighted by molar-refractivity contribution is 0.179. The number of nitrogens with one attached hydrogen (secondary N) is 1. The van der Waals surface area contributed by atoms with Crippen molar-refractivity contribution in [3.63, 3.8) is 0 Å². The Bertz CT molecular complexity index is 1190. The van der Waals surface area contributed by atoms with Crippen molar-refractivity contribution >= 4 is 17.4 Å². The molecule has 9 heteroatoms. The van der Waals surface area contributed by atoms with Crippen molar-refractivity contribution in [1.29, 1.82) is 0 Å². The Balaban J connectivity index is 1.43. The first-order valence-corrected chi connectivity index (χ1v) is 9.52. The molecule has 1 fully saturated rings. The summed E-state index contributed by atoms with van der Waals surface area (Å²) in [5, 5.41) is 15.9. The van der Waals surface area contributed by atoms with E-state index in [1.54, 1.807) is 30.9 Å². The molecule has 8 nitrogen and oxygen atoms in total. The van der Waals surface area contributed by atoms with E-state index in [1.807, 2.05) is 41.9 Å². The average molecular weight is 392 g/mol. The van der Waals surface area contributed by atoms with Crippen LogP contribution in [-0.4, -0.2) is 40.0 Å². The number of hydrogen-bond donors (Lipinski definition) is 1. The zero-order chi connectivity index (χ0) is 20.2. The fourth-order valence-corrected chi connectivity index (χ4v) is 3.75. The van der Waals surface area contributed by atoms with Gasteiger partial charge in [0.2, 0.25) is 5.95 Å². The average Bonchev–Trinajstić information content (AvgIpc) is 3.25. The summed E-state index contributed by atoms with van der Waals surface area (Å²) in [4.78, 5) is 8.87. The van der Waals surface area contributed by atoms with Crippen molar-refractivity contribution in [2.75, 3.05) is 5.32 Å². The Morgan fingerprint density at radius 2 is 2.03 bits per heavy atom. The first-order valence-electron chi connectivity index (χ1n) is 9.52. The second-order valence-electron chi connectivity index (χ2n) is 7.95. The lowest BCUT2D eigenvalue weighted by Gasteiger charge is -2.12. The Morgan fingerprint density at radius 3 is 2.76 bits per heavy atom. The molecule has 1 aliphatic carbocycles. The Kier molecular flexibility index (Phi) is 3.87. The van der Waals surface area contributed by atoms with Crippen molar-refractivity contribution in [1.82, 2.24) is 34.3 Å². The first kappa shape index (κ1) is 17.7. The maximum Gasteiger partial charge on any atom is 0.228 e. The quantitative estimate of drug-likeness (QED) is 0.559. The summed E-state index contributed by atoms with van der Waals surface area (Å²) in [5.74, 6) is 2.22. The standard InChI is InChI=1S/C20H21FN8/c1-20(2,21)14-11-13(14)18-27-26-17-10-12(6-9-29(17)18)15-4-7-22-19(24-15)25-16-5-8-23-28(16)3/h4-10,13-14H,11H2,1-3H3,(H,22,24,25)/t13-,14-/m0/s1. The second kappa shape index (κ2) is 6.33. The van der Waals surface area contributed by atoms with Gasteiger partial charge >= 0.3 is 0 Å². The largest absolute Gasteiger partial charge is 0.309 e. The van der Waals surface area contributed by atoms with E-state index in [4.69, 9.17) is 0 Å². The van der Waals surface area contributed by atoms with E-state index in [0.717, 1.165) is 35.0 Å². The van der Waals surface area contributed by atoms with E-state index in [2.05, 4.69) is 30.6 Å². The zero-order valence-corrected chi connectivity index (χ0v) is 16.4. The number of aromatic nitrogens is 7. The molecular weight excluding hydrogens is 371 g/mol. The smallest absolute Gasteiger partial charge is 0.228 e. The van der Waals surface area contributed by atoms with Crippen molar-refractivity contribution in [3.05, 3.63) is 48.7 Å². The minimum Gasteiger partial charge on any atom is -0.309 e. The van der Waals surface area contributed by atoms with E-state index < -0.39 is 5.67 Å². The van der Waals surface area contributed by atoms with Crippen LogP contribution in [0.15, 0.2) is 42.9 Å². The normalized spacial score (nSPS) is 18.9. The van der Waals surface area contributed by atoms with Crippen molar-refractivity contribution in [2.45, 2.75) is 31.9 Å². The molecule has 0 radical (unpaired) electrons. The van der Waals surface area contributed by atoms with Gasteiger partial charge < -0.3 is 5.32 Å². The van der Waals surface area contributed by atoms with Crippen LogP contribution >= 0.6 is 0 Å². The lowest BCUT2D eigenvalue weighted by atomic mass is 10.0. The molecule has 4 heterocycles. The Labute approximate surface area is 166 Å². The number of rotatable bonds is 5. The molecular formula is C20H21FN8. The summed E-state index contributed by atoms with van der Waals surface area (Å²) in [7, 11) is 1.84. The number of alkyl halides is 1. The molecule has 5 rings (SSSR count). The van der Waals surface area contributed by atoms with Gasteiger partial charge in [0.1, 0.15) is 17.3 Å². The molecule has 0 amide bonds. The van der Waals surface area contributed by atoms with Gasteiger partial charge in [0, 0.05) is 42.9 Å². The summed E-state index contributed by atoms with van der Waals surface area (Å²) in [6.07, 6.45) is 6.15. The third kappa shape index (κ3) is 3.22. The van der Waals surface area contributed by atoms with Crippen LogP contribution in [0.5, 0.6) is 0 Å². The van der Waals surface area contributed by atoms with Crippen LogP contribution in [0.3, 0.4) is 0 Å². The fraction of sp³-hybridized carbons (Fsp3) is 0.350. The van der Waals surface area contributed by atoms with Gasteiger partial charge in [-0.2, -0.15) is 5.10 Å². The number of nitrogens with zero attached hydrogens (tertiary/aromatic N) is 7. The molecule has 1 N–H and O–H groups in total. The van der Waals surface area contributed by atoms with Crippen LogP contribution in [0.4, 0.5) is 16.2 Å². The van der Waals surface area contributed by atoms with Gasteiger partial charge in [0.05, 0.1) is 11.9 Å². The van der Waals surface area contributed by atoms with Crippen molar-refractivity contribution in [3.8, 4) is 11.3 Å². The summed E-state index contributed by atoms with van der Waals surface area (Å²) in [6.45, 7) is 3.26. The Morgan fingerprint density at radius 1 is 1.17 bits per heavy atom. The first-order chi connectivity index (χ1) is 13.9. The van der Waals surface area contributed by atoms with E-state index >= 15 is 0 Å². The van der Waals surface area contributed by atoms with Gasteiger partial charge in [-0.15, -0.1) is 10.2 Å². The van der Waals surface area contributed by atoms with Crippen LogP contribution in [-0.2, 0) is 7.05 Å². The fourth-order valence-electron chi connectivity index (χ4n) is 3.75. The molecule has 4 aromatic heterocycles. The third-order valence-electron chi connectivity index (χ3n) is 5.45. The Hall–Kier alpha value is -3.36. The summed E-state index contributed by atoms with van der Waals surface area (Å²) in [6, 6.07) is 7.60. The zero-order valence-electron chi connectivity index (χ0n) is 16.4. The topological polar surface area (TPSA) is 85.8 Å². The molecule has 2 atom stereocenters. The van der Waals surface area contributed by atoms with Gasteiger partial charge in [-0.05, 0) is 38.5 Å². The predicted octanol–water partition coefficient (Wildman–Crippen LogP) is 3.52. The molecule has 29 heavy (non-hydrogen) atoms. The maximum absolute atomic E-state index is 14.2. The minimum absolute atomic E-state index is 0.00271. The van der Waals surface area contributed by atoms with E-state index in [-0.39, 0.29) is 11.8 Å². The number of halogens is 1. The second-order valence-corrected chi connectivity index (χ2v) is 7.95. The summed E-state index contributed by atoms with van der Waals surface area (Å²) >= 11 is 0. The number of anilines is 2. The van der Waals surface area contributed by atoms with E-state index in [9.17, 15) is 4.39 Å². The molecule has 1 aliphatic rings. The SMILES string of the molecule is Cn1nccc1Nc1nccc(-c2ccn3c([C@H]4C[C@@H]4C(C)(C)F)nnc3c2)n1. The highest BCUT2D eigenvalue weighted by atomic mass is 19.1. The number of aryl methyl sites for hydroxylation is 1. The number of fused-ring (bicyclic) bond motifs is 1. The van der Waals surface area contributed by atoms with Gasteiger partial charge in [-0.3, -0.25) is 9.08 Å². The molecule has 148 valence electrons. The molecule has 1 saturated carbocycles. The third-order valence-corrected chi connectivity index (χ3v) is 5.45. The summed E-state index contributed by atoms with van der Waals surface area (Å²) < 4.78 is 17.9.